The SMILES string of the molecule is CCc1ccccc1-c1ccc(C2=CC(n3c4ccccc4c4ccc(-c5ccccc5)cc43)Nc3ccccc32)cc1C. The van der Waals surface area contributed by atoms with Crippen LogP contribution in [0.25, 0.3) is 49.6 Å². The zero-order valence-corrected chi connectivity index (χ0v) is 25.1. The summed E-state index contributed by atoms with van der Waals surface area (Å²) >= 11 is 0. The van der Waals surface area contributed by atoms with Crippen molar-refractivity contribution >= 4 is 33.1 Å². The van der Waals surface area contributed by atoms with Crippen molar-refractivity contribution < 1.29 is 0 Å². The lowest BCUT2D eigenvalue weighted by Crippen LogP contribution is -2.20. The molecular formula is C42H34N2. The summed E-state index contributed by atoms with van der Waals surface area (Å²) in [6.45, 7) is 4.48. The highest BCUT2D eigenvalue weighted by molar-refractivity contribution is 6.09. The lowest BCUT2D eigenvalue weighted by molar-refractivity contribution is 0.722. The molecule has 2 nitrogen and oxygen atoms in total. The molecule has 8 rings (SSSR count). The Bertz CT molecular complexity index is 2200. The van der Waals surface area contributed by atoms with E-state index in [4.69, 9.17) is 0 Å². The highest BCUT2D eigenvalue weighted by Gasteiger charge is 2.24. The number of para-hydroxylation sites is 2. The average molecular weight is 567 g/mol. The summed E-state index contributed by atoms with van der Waals surface area (Å²) in [4.78, 5) is 0. The number of hydrogen-bond acceptors (Lipinski definition) is 1. The van der Waals surface area contributed by atoms with Crippen LogP contribution in [0.4, 0.5) is 5.69 Å². The van der Waals surface area contributed by atoms with Gasteiger partial charge in [0.1, 0.15) is 6.17 Å². The molecule has 7 aromatic rings. The Morgan fingerprint density at radius 1 is 0.568 bits per heavy atom. The molecule has 44 heavy (non-hydrogen) atoms. The third-order valence-electron chi connectivity index (χ3n) is 9.17. The van der Waals surface area contributed by atoms with Gasteiger partial charge in [-0.05, 0) is 82.1 Å². The molecule has 0 amide bonds. The molecule has 0 saturated heterocycles. The fourth-order valence-corrected chi connectivity index (χ4v) is 7.02. The molecule has 1 aliphatic heterocycles. The van der Waals surface area contributed by atoms with Gasteiger partial charge in [0, 0.05) is 22.0 Å². The predicted molar refractivity (Wildman–Crippen MR) is 187 cm³/mol. The number of benzene rings is 6. The highest BCUT2D eigenvalue weighted by Crippen LogP contribution is 2.42. The van der Waals surface area contributed by atoms with Gasteiger partial charge in [-0.1, -0.05) is 128 Å². The number of aryl methyl sites for hydroxylation is 2. The predicted octanol–water partition coefficient (Wildman–Crippen LogP) is 11.1. The van der Waals surface area contributed by atoms with Crippen LogP contribution in [-0.4, -0.2) is 4.57 Å². The Hall–Kier alpha value is -5.34. The normalized spacial score (nSPS) is 14.3. The van der Waals surface area contributed by atoms with E-state index in [0.717, 1.165) is 12.1 Å². The lowest BCUT2D eigenvalue weighted by Gasteiger charge is -2.29. The molecule has 1 aromatic heterocycles. The monoisotopic (exact) mass is 566 g/mol. The molecular weight excluding hydrogens is 532 g/mol. The van der Waals surface area contributed by atoms with Crippen LogP contribution in [-0.2, 0) is 6.42 Å². The Morgan fingerprint density at radius 2 is 1.27 bits per heavy atom. The van der Waals surface area contributed by atoms with Crippen LogP contribution in [0.1, 0.15) is 35.3 Å². The maximum absolute atomic E-state index is 3.90. The van der Waals surface area contributed by atoms with E-state index in [0.29, 0.717) is 0 Å². The fraction of sp³-hybridized carbons (Fsp3) is 0.0952. The van der Waals surface area contributed by atoms with Gasteiger partial charge < -0.3 is 9.88 Å². The van der Waals surface area contributed by atoms with Gasteiger partial charge in [-0.15, -0.1) is 0 Å². The first-order valence-corrected chi connectivity index (χ1v) is 15.5. The molecule has 0 fully saturated rings. The summed E-state index contributed by atoms with van der Waals surface area (Å²) in [7, 11) is 0. The topological polar surface area (TPSA) is 17.0 Å². The molecule has 0 spiro atoms. The first-order chi connectivity index (χ1) is 21.7. The van der Waals surface area contributed by atoms with E-state index in [2.05, 4.69) is 169 Å². The van der Waals surface area contributed by atoms with Crippen molar-refractivity contribution in [3.63, 3.8) is 0 Å². The zero-order chi connectivity index (χ0) is 29.6. The number of anilines is 1. The third-order valence-corrected chi connectivity index (χ3v) is 9.17. The van der Waals surface area contributed by atoms with Gasteiger partial charge >= 0.3 is 0 Å². The van der Waals surface area contributed by atoms with E-state index in [9.17, 15) is 0 Å². The van der Waals surface area contributed by atoms with E-state index in [1.54, 1.807) is 0 Å². The minimum atomic E-state index is -0.0610. The maximum Gasteiger partial charge on any atom is 0.124 e. The van der Waals surface area contributed by atoms with Crippen molar-refractivity contribution in [1.82, 2.24) is 4.57 Å². The molecule has 1 N–H and O–H groups in total. The van der Waals surface area contributed by atoms with Crippen molar-refractivity contribution in [2.45, 2.75) is 26.4 Å². The molecule has 1 atom stereocenters. The largest absolute Gasteiger partial charge is 0.361 e. The molecule has 1 unspecified atom stereocenters. The summed E-state index contributed by atoms with van der Waals surface area (Å²) in [5.41, 5.74) is 15.1. The Morgan fingerprint density at radius 3 is 2.11 bits per heavy atom. The van der Waals surface area contributed by atoms with E-state index in [-0.39, 0.29) is 6.17 Å². The highest BCUT2D eigenvalue weighted by atomic mass is 15.2. The van der Waals surface area contributed by atoms with Gasteiger partial charge in [0.15, 0.2) is 0 Å². The minimum Gasteiger partial charge on any atom is -0.361 e. The van der Waals surface area contributed by atoms with E-state index in [1.807, 2.05) is 0 Å². The average Bonchev–Trinajstić information content (AvgIpc) is 3.42. The van der Waals surface area contributed by atoms with Crippen LogP contribution in [0, 0.1) is 6.92 Å². The maximum atomic E-state index is 3.90. The van der Waals surface area contributed by atoms with Crippen LogP contribution >= 0.6 is 0 Å². The van der Waals surface area contributed by atoms with Gasteiger partial charge in [0.2, 0.25) is 0 Å². The first kappa shape index (κ1) is 26.3. The van der Waals surface area contributed by atoms with E-state index >= 15 is 0 Å². The number of rotatable bonds is 5. The van der Waals surface area contributed by atoms with Crippen molar-refractivity contribution in [3.8, 4) is 22.3 Å². The number of nitrogens with zero attached hydrogens (tertiary/aromatic N) is 1. The molecule has 2 heteroatoms. The number of nitrogens with one attached hydrogen (secondary N) is 1. The molecule has 2 heterocycles. The lowest BCUT2D eigenvalue weighted by atomic mass is 9.88. The van der Waals surface area contributed by atoms with E-state index in [1.165, 1.54) is 71.9 Å². The summed E-state index contributed by atoms with van der Waals surface area (Å²) in [6, 6.07) is 50.8. The zero-order valence-electron chi connectivity index (χ0n) is 25.1. The Kier molecular flexibility index (Phi) is 6.42. The number of aromatic nitrogens is 1. The van der Waals surface area contributed by atoms with Crippen molar-refractivity contribution in [1.29, 1.82) is 0 Å². The second-order valence-corrected chi connectivity index (χ2v) is 11.7. The Balaban J connectivity index is 1.31. The smallest absolute Gasteiger partial charge is 0.124 e. The molecule has 212 valence electrons. The molecule has 0 bridgehead atoms. The van der Waals surface area contributed by atoms with Crippen LogP contribution in [0.15, 0.2) is 146 Å². The second kappa shape index (κ2) is 10.7. The van der Waals surface area contributed by atoms with Crippen LogP contribution in [0.2, 0.25) is 0 Å². The van der Waals surface area contributed by atoms with Crippen LogP contribution in [0.5, 0.6) is 0 Å². The quantitative estimate of drug-likeness (QED) is 0.219. The summed E-state index contributed by atoms with van der Waals surface area (Å²) in [5, 5.41) is 6.44. The molecule has 1 aliphatic rings. The minimum absolute atomic E-state index is 0.0610. The van der Waals surface area contributed by atoms with Gasteiger partial charge in [0.25, 0.3) is 0 Å². The van der Waals surface area contributed by atoms with Crippen molar-refractivity contribution in [3.05, 3.63) is 168 Å². The van der Waals surface area contributed by atoms with Gasteiger partial charge in [0.05, 0.1) is 11.0 Å². The summed E-state index contributed by atoms with van der Waals surface area (Å²) in [6.07, 6.45) is 3.38. The molecule has 0 radical (unpaired) electrons. The third kappa shape index (κ3) is 4.34. The summed E-state index contributed by atoms with van der Waals surface area (Å²) < 4.78 is 2.48. The van der Waals surface area contributed by atoms with Crippen LogP contribution < -0.4 is 5.32 Å². The number of fused-ring (bicyclic) bond motifs is 4. The fourth-order valence-electron chi connectivity index (χ4n) is 7.02. The van der Waals surface area contributed by atoms with Gasteiger partial charge in [-0.25, -0.2) is 0 Å². The van der Waals surface area contributed by atoms with Gasteiger partial charge in [-0.2, -0.15) is 0 Å². The second-order valence-electron chi connectivity index (χ2n) is 11.7. The number of hydrogen-bond donors (Lipinski definition) is 1. The van der Waals surface area contributed by atoms with Crippen LogP contribution in [0.3, 0.4) is 0 Å². The van der Waals surface area contributed by atoms with Crippen molar-refractivity contribution in [2.24, 2.45) is 0 Å². The standard InChI is InChI=1S/C42H34N2/c1-3-29-13-7-8-16-34(29)33-23-22-32(25-28(33)2)38-27-42(43-39-19-11-9-17-35(38)39)44-40-20-12-10-18-36(40)37-24-21-31(26-41(37)44)30-14-5-4-6-15-30/h4-27,42-43H,3H2,1-2H3. The van der Waals surface area contributed by atoms with E-state index < -0.39 is 0 Å². The molecule has 6 aromatic carbocycles. The Labute approximate surface area is 258 Å². The molecule has 0 saturated carbocycles. The first-order valence-electron chi connectivity index (χ1n) is 15.5. The van der Waals surface area contributed by atoms with Crippen molar-refractivity contribution in [2.75, 3.05) is 5.32 Å². The summed E-state index contributed by atoms with van der Waals surface area (Å²) in [5.74, 6) is 0. The molecule has 0 aliphatic carbocycles. The van der Waals surface area contributed by atoms with Gasteiger partial charge in [-0.3, -0.25) is 0 Å².